The summed E-state index contributed by atoms with van der Waals surface area (Å²) >= 11 is 5.12. The number of thiocarbonyl (C=S) groups is 1. The monoisotopic (exact) mass is 278 g/mol. The fourth-order valence-electron chi connectivity index (χ4n) is 2.07. The van der Waals surface area contributed by atoms with Crippen molar-refractivity contribution in [1.29, 1.82) is 0 Å². The van der Waals surface area contributed by atoms with Crippen molar-refractivity contribution >= 4 is 28.8 Å². The van der Waals surface area contributed by atoms with Crippen LogP contribution in [0, 0.1) is 0 Å². The number of hydrogen-bond acceptors (Lipinski definition) is 3. The van der Waals surface area contributed by atoms with E-state index in [9.17, 15) is 4.79 Å². The Morgan fingerprint density at radius 2 is 2.21 bits per heavy atom. The van der Waals surface area contributed by atoms with Gasteiger partial charge < -0.3 is 15.4 Å². The highest BCUT2D eigenvalue weighted by Gasteiger charge is 2.32. The van der Waals surface area contributed by atoms with Gasteiger partial charge in [-0.1, -0.05) is 0 Å². The zero-order valence-corrected chi connectivity index (χ0v) is 12.2. The van der Waals surface area contributed by atoms with Gasteiger partial charge in [0.2, 0.25) is 0 Å². The number of carbonyl (C=O) groups excluding carboxylic acids is 1. The SMILES string of the molecule is CCNC(=S)Nc1ccc2c(c1)C(=O)CC(C)(C)O2. The van der Waals surface area contributed by atoms with Gasteiger partial charge in [0.1, 0.15) is 11.4 Å². The van der Waals surface area contributed by atoms with Gasteiger partial charge in [-0.2, -0.15) is 0 Å². The van der Waals surface area contributed by atoms with Gasteiger partial charge in [-0.25, -0.2) is 0 Å². The largest absolute Gasteiger partial charge is 0.487 e. The van der Waals surface area contributed by atoms with Crippen molar-refractivity contribution in [3.05, 3.63) is 23.8 Å². The Balaban J connectivity index is 2.22. The number of carbonyl (C=O) groups is 1. The molecule has 2 N–H and O–H groups in total. The predicted molar refractivity (Wildman–Crippen MR) is 80.0 cm³/mol. The number of benzene rings is 1. The van der Waals surface area contributed by atoms with E-state index in [4.69, 9.17) is 17.0 Å². The lowest BCUT2D eigenvalue weighted by Crippen LogP contribution is -2.36. The van der Waals surface area contributed by atoms with E-state index in [0.29, 0.717) is 22.8 Å². The summed E-state index contributed by atoms with van der Waals surface area (Å²) in [5.41, 5.74) is 0.975. The highest BCUT2D eigenvalue weighted by molar-refractivity contribution is 7.80. The maximum atomic E-state index is 12.1. The lowest BCUT2D eigenvalue weighted by Gasteiger charge is -2.31. The van der Waals surface area contributed by atoms with E-state index in [0.717, 1.165) is 12.2 Å². The molecule has 0 radical (unpaired) electrons. The van der Waals surface area contributed by atoms with Gasteiger partial charge in [-0.15, -0.1) is 0 Å². The fraction of sp³-hybridized carbons (Fsp3) is 0.429. The highest BCUT2D eigenvalue weighted by atomic mass is 32.1. The fourth-order valence-corrected chi connectivity index (χ4v) is 2.33. The van der Waals surface area contributed by atoms with E-state index in [2.05, 4.69) is 10.6 Å². The van der Waals surface area contributed by atoms with E-state index in [1.54, 1.807) is 6.07 Å². The summed E-state index contributed by atoms with van der Waals surface area (Å²) in [4.78, 5) is 12.1. The Morgan fingerprint density at radius 1 is 1.47 bits per heavy atom. The molecule has 102 valence electrons. The van der Waals surface area contributed by atoms with Gasteiger partial charge in [0.15, 0.2) is 10.9 Å². The van der Waals surface area contributed by atoms with Crippen LogP contribution in [0.1, 0.15) is 37.6 Å². The second-order valence-corrected chi connectivity index (χ2v) is 5.57. The molecule has 1 aromatic rings. The molecule has 0 fully saturated rings. The van der Waals surface area contributed by atoms with Crippen molar-refractivity contribution in [3.8, 4) is 5.75 Å². The van der Waals surface area contributed by atoms with Crippen LogP contribution in [0.2, 0.25) is 0 Å². The molecule has 0 unspecified atom stereocenters. The molecule has 0 amide bonds. The molecule has 2 rings (SSSR count). The summed E-state index contributed by atoms with van der Waals surface area (Å²) in [7, 11) is 0. The van der Waals surface area contributed by atoms with E-state index in [-0.39, 0.29) is 5.78 Å². The molecule has 0 aliphatic carbocycles. The first-order valence-electron chi connectivity index (χ1n) is 6.32. The van der Waals surface area contributed by atoms with Crippen LogP contribution < -0.4 is 15.4 Å². The van der Waals surface area contributed by atoms with Crippen LogP contribution in [0.4, 0.5) is 5.69 Å². The molecule has 0 aromatic heterocycles. The number of fused-ring (bicyclic) bond motifs is 1. The van der Waals surface area contributed by atoms with E-state index >= 15 is 0 Å². The Hall–Kier alpha value is -1.62. The second kappa shape index (κ2) is 5.17. The maximum Gasteiger partial charge on any atom is 0.170 e. The minimum Gasteiger partial charge on any atom is -0.487 e. The van der Waals surface area contributed by atoms with E-state index < -0.39 is 5.60 Å². The maximum absolute atomic E-state index is 12.1. The van der Waals surface area contributed by atoms with Gasteiger partial charge in [-0.05, 0) is 51.2 Å². The van der Waals surface area contributed by atoms with Crippen LogP contribution in [-0.4, -0.2) is 23.0 Å². The zero-order valence-electron chi connectivity index (χ0n) is 11.4. The molecular weight excluding hydrogens is 260 g/mol. The Bertz CT molecular complexity index is 526. The third kappa shape index (κ3) is 3.23. The number of rotatable bonds is 2. The average Bonchev–Trinajstić information content (AvgIpc) is 2.29. The first-order chi connectivity index (χ1) is 8.91. The number of nitrogens with one attached hydrogen (secondary N) is 2. The van der Waals surface area contributed by atoms with E-state index in [1.165, 1.54) is 0 Å². The quantitative estimate of drug-likeness (QED) is 0.815. The number of ether oxygens (including phenoxy) is 1. The molecule has 0 spiro atoms. The zero-order chi connectivity index (χ0) is 14.0. The molecule has 19 heavy (non-hydrogen) atoms. The summed E-state index contributed by atoms with van der Waals surface area (Å²) in [5.74, 6) is 0.741. The smallest absolute Gasteiger partial charge is 0.170 e. The third-order valence-electron chi connectivity index (χ3n) is 2.85. The van der Waals surface area contributed by atoms with Crippen LogP contribution in [0.3, 0.4) is 0 Å². The predicted octanol–water partition coefficient (Wildman–Crippen LogP) is 2.74. The molecule has 1 aromatic carbocycles. The van der Waals surface area contributed by atoms with Gasteiger partial charge in [-0.3, -0.25) is 4.79 Å². The van der Waals surface area contributed by atoms with Crippen molar-refractivity contribution in [1.82, 2.24) is 5.32 Å². The van der Waals surface area contributed by atoms with Crippen molar-refractivity contribution in [2.24, 2.45) is 0 Å². The molecule has 5 heteroatoms. The lowest BCUT2D eigenvalue weighted by atomic mass is 9.93. The number of anilines is 1. The number of Topliss-reactive ketones (excluding diaryl/α,β-unsaturated/α-hetero) is 1. The van der Waals surface area contributed by atoms with Gasteiger partial charge in [0.05, 0.1) is 12.0 Å². The minimum absolute atomic E-state index is 0.101. The van der Waals surface area contributed by atoms with Crippen LogP contribution >= 0.6 is 12.2 Å². The molecule has 0 bridgehead atoms. The van der Waals surface area contributed by atoms with Gasteiger partial charge in [0, 0.05) is 12.2 Å². The van der Waals surface area contributed by atoms with Gasteiger partial charge >= 0.3 is 0 Å². The molecule has 1 aliphatic rings. The molecule has 0 saturated carbocycles. The van der Waals surface area contributed by atoms with Crippen molar-refractivity contribution in [2.75, 3.05) is 11.9 Å². The number of ketones is 1. The first-order valence-corrected chi connectivity index (χ1v) is 6.73. The normalized spacial score (nSPS) is 16.3. The molecular formula is C14H18N2O2S. The van der Waals surface area contributed by atoms with Crippen LogP contribution in [-0.2, 0) is 0 Å². The molecule has 0 saturated heterocycles. The van der Waals surface area contributed by atoms with Crippen molar-refractivity contribution in [3.63, 3.8) is 0 Å². The minimum atomic E-state index is -0.432. The summed E-state index contributed by atoms with van der Waals surface area (Å²) in [6.45, 7) is 6.56. The average molecular weight is 278 g/mol. The van der Waals surface area contributed by atoms with E-state index in [1.807, 2.05) is 32.9 Å². The van der Waals surface area contributed by atoms with Crippen LogP contribution in [0.15, 0.2) is 18.2 Å². The lowest BCUT2D eigenvalue weighted by molar-refractivity contribution is 0.0620. The first kappa shape index (κ1) is 13.8. The topological polar surface area (TPSA) is 50.4 Å². The van der Waals surface area contributed by atoms with Crippen LogP contribution in [0.25, 0.3) is 0 Å². The Morgan fingerprint density at radius 3 is 2.89 bits per heavy atom. The molecule has 0 atom stereocenters. The Kier molecular flexibility index (Phi) is 3.75. The van der Waals surface area contributed by atoms with Crippen molar-refractivity contribution in [2.45, 2.75) is 32.8 Å². The van der Waals surface area contributed by atoms with Crippen LogP contribution in [0.5, 0.6) is 5.75 Å². The molecule has 4 nitrogen and oxygen atoms in total. The van der Waals surface area contributed by atoms with Gasteiger partial charge in [0.25, 0.3) is 0 Å². The summed E-state index contributed by atoms with van der Waals surface area (Å²) < 4.78 is 5.80. The van der Waals surface area contributed by atoms with Crippen molar-refractivity contribution < 1.29 is 9.53 Å². The highest BCUT2D eigenvalue weighted by Crippen LogP contribution is 2.34. The summed E-state index contributed by atoms with van der Waals surface area (Å²) in [5, 5.41) is 6.60. The molecule has 1 heterocycles. The molecule has 1 aliphatic heterocycles. The standard InChI is InChI=1S/C14H18N2O2S/c1-4-15-13(19)16-9-5-6-12-10(7-9)11(17)8-14(2,3)18-12/h5-7H,4,8H2,1-3H3,(H2,15,16,19). The summed E-state index contributed by atoms with van der Waals surface area (Å²) in [6.07, 6.45) is 0.390. The number of hydrogen-bond donors (Lipinski definition) is 2. The second-order valence-electron chi connectivity index (χ2n) is 5.16. The third-order valence-corrected chi connectivity index (χ3v) is 3.09. The summed E-state index contributed by atoms with van der Waals surface area (Å²) in [6, 6.07) is 5.46. The Labute approximate surface area is 118 Å².